The number of aryl methyl sites for hydroxylation is 4. The van der Waals surface area contributed by atoms with Crippen molar-refractivity contribution >= 4 is 17.7 Å². The number of amides is 1. The van der Waals surface area contributed by atoms with Crippen LogP contribution in [0.15, 0.2) is 36.4 Å². The van der Waals surface area contributed by atoms with Crippen molar-refractivity contribution < 1.29 is 19.1 Å². The molecule has 1 aliphatic carbocycles. The van der Waals surface area contributed by atoms with E-state index in [1.807, 2.05) is 32.0 Å². The maximum Gasteiger partial charge on any atom is 0.326 e. The second-order valence-electron chi connectivity index (χ2n) is 7.32. The van der Waals surface area contributed by atoms with Gasteiger partial charge in [-0.1, -0.05) is 18.2 Å². The summed E-state index contributed by atoms with van der Waals surface area (Å²) in [5.74, 6) is -1.22. The third-order valence-electron chi connectivity index (χ3n) is 5.22. The second-order valence-corrected chi connectivity index (χ2v) is 7.32. The number of benzene rings is 2. The van der Waals surface area contributed by atoms with Crippen molar-refractivity contribution in [3.8, 4) is 0 Å². The van der Waals surface area contributed by atoms with Crippen LogP contribution < -0.4 is 5.32 Å². The maximum atomic E-state index is 12.5. The first-order valence-electron chi connectivity index (χ1n) is 9.56. The molecule has 1 atom stereocenters. The van der Waals surface area contributed by atoms with Crippen LogP contribution in [0.1, 0.15) is 56.3 Å². The van der Waals surface area contributed by atoms with Gasteiger partial charge in [-0.15, -0.1) is 0 Å². The summed E-state index contributed by atoms with van der Waals surface area (Å²) in [6, 6.07) is 11.0. The molecule has 0 saturated carbocycles. The van der Waals surface area contributed by atoms with Gasteiger partial charge in [0.15, 0.2) is 6.10 Å². The molecule has 5 nitrogen and oxygen atoms in total. The molecule has 1 aliphatic rings. The lowest BCUT2D eigenvalue weighted by Crippen LogP contribution is -2.34. The zero-order chi connectivity index (χ0) is 20.3. The van der Waals surface area contributed by atoms with Gasteiger partial charge < -0.3 is 10.1 Å². The number of rotatable bonds is 6. The van der Waals surface area contributed by atoms with Gasteiger partial charge in [-0.05, 0) is 80.5 Å². The van der Waals surface area contributed by atoms with E-state index in [-0.39, 0.29) is 18.2 Å². The van der Waals surface area contributed by atoms with Crippen LogP contribution in [0.4, 0.5) is 0 Å². The normalized spacial score (nSPS) is 13.5. The first-order chi connectivity index (χ1) is 13.3. The van der Waals surface area contributed by atoms with Crippen LogP contribution in [-0.4, -0.2) is 30.3 Å². The number of ether oxygens (including phenoxy) is 1. The number of Topliss-reactive ketones (excluding diaryl/α,β-unsaturated/α-hetero) is 1. The van der Waals surface area contributed by atoms with Crippen molar-refractivity contribution in [3.63, 3.8) is 0 Å². The van der Waals surface area contributed by atoms with Crippen molar-refractivity contribution in [2.45, 2.75) is 46.1 Å². The summed E-state index contributed by atoms with van der Waals surface area (Å²) in [4.78, 5) is 36.8. The predicted molar refractivity (Wildman–Crippen MR) is 107 cm³/mol. The van der Waals surface area contributed by atoms with E-state index < -0.39 is 12.1 Å². The Morgan fingerprint density at radius 2 is 1.68 bits per heavy atom. The molecule has 2 aromatic rings. The Balaban J connectivity index is 1.53. The lowest BCUT2D eigenvalue weighted by molar-refractivity contribution is -0.145. The molecular formula is C23H25NO4. The molecule has 0 heterocycles. The topological polar surface area (TPSA) is 72.5 Å². The van der Waals surface area contributed by atoms with Gasteiger partial charge in [0.05, 0.1) is 0 Å². The number of carbonyl (C=O) groups is 3. The Morgan fingerprint density at radius 3 is 2.43 bits per heavy atom. The third kappa shape index (κ3) is 4.47. The molecule has 0 unspecified atom stereocenters. The van der Waals surface area contributed by atoms with Gasteiger partial charge in [0.25, 0.3) is 5.91 Å². The molecule has 146 valence electrons. The van der Waals surface area contributed by atoms with Gasteiger partial charge >= 0.3 is 5.97 Å². The van der Waals surface area contributed by atoms with E-state index in [2.05, 4.69) is 5.32 Å². The minimum Gasteiger partial charge on any atom is -0.453 e. The van der Waals surface area contributed by atoms with E-state index in [1.54, 1.807) is 25.1 Å². The SMILES string of the molecule is Cc1ccc(C(=O)NCC(=O)O[C@H](C)C(=O)c2ccc3c(c2)CCC3)cc1C. The number of carbonyl (C=O) groups excluding carboxylic acids is 3. The summed E-state index contributed by atoms with van der Waals surface area (Å²) < 4.78 is 5.21. The van der Waals surface area contributed by atoms with Crippen LogP contribution in [0.3, 0.4) is 0 Å². The number of hydrogen-bond acceptors (Lipinski definition) is 4. The van der Waals surface area contributed by atoms with Crippen LogP contribution in [-0.2, 0) is 22.4 Å². The Kier molecular flexibility index (Phi) is 5.93. The lowest BCUT2D eigenvalue weighted by atomic mass is 10.0. The minimum absolute atomic E-state index is 0.233. The standard InChI is InChI=1S/C23H25NO4/c1-14-7-8-20(11-15(14)2)23(27)24-13-21(25)28-16(3)22(26)19-10-9-17-5-4-6-18(17)12-19/h7-12,16H,4-6,13H2,1-3H3,(H,24,27)/t16-/m1/s1. The average Bonchev–Trinajstić information content (AvgIpc) is 3.15. The van der Waals surface area contributed by atoms with Gasteiger partial charge in [0.2, 0.25) is 5.78 Å². The largest absolute Gasteiger partial charge is 0.453 e. The van der Waals surface area contributed by atoms with E-state index in [4.69, 9.17) is 4.74 Å². The fourth-order valence-corrected chi connectivity index (χ4v) is 3.39. The highest BCUT2D eigenvalue weighted by atomic mass is 16.5. The molecule has 2 aromatic carbocycles. The van der Waals surface area contributed by atoms with Crippen LogP contribution in [0.25, 0.3) is 0 Å². The highest BCUT2D eigenvalue weighted by molar-refractivity contribution is 6.01. The number of fused-ring (bicyclic) bond motifs is 1. The molecule has 0 fully saturated rings. The number of esters is 1. The molecule has 1 amide bonds. The summed E-state index contributed by atoms with van der Waals surface area (Å²) in [7, 11) is 0. The first-order valence-corrected chi connectivity index (χ1v) is 9.56. The van der Waals surface area contributed by atoms with Crippen molar-refractivity contribution in [1.29, 1.82) is 0 Å². The molecule has 3 rings (SSSR count). The fraction of sp³-hybridized carbons (Fsp3) is 0.348. The molecule has 0 aromatic heterocycles. The predicted octanol–water partition coefficient (Wildman–Crippen LogP) is 3.34. The van der Waals surface area contributed by atoms with Gasteiger partial charge in [0.1, 0.15) is 6.54 Å². The number of ketones is 1. The molecule has 5 heteroatoms. The first kappa shape index (κ1) is 19.8. The fourth-order valence-electron chi connectivity index (χ4n) is 3.39. The molecule has 1 N–H and O–H groups in total. The minimum atomic E-state index is -0.898. The van der Waals surface area contributed by atoms with Crippen LogP contribution in [0.2, 0.25) is 0 Å². The lowest BCUT2D eigenvalue weighted by Gasteiger charge is -2.14. The Morgan fingerprint density at radius 1 is 0.964 bits per heavy atom. The highest BCUT2D eigenvalue weighted by Crippen LogP contribution is 2.23. The van der Waals surface area contributed by atoms with Gasteiger partial charge in [-0.3, -0.25) is 14.4 Å². The maximum absolute atomic E-state index is 12.5. The summed E-state index contributed by atoms with van der Waals surface area (Å²) in [6.07, 6.45) is 2.24. The molecule has 0 spiro atoms. The zero-order valence-corrected chi connectivity index (χ0v) is 16.5. The van der Waals surface area contributed by atoms with Crippen LogP contribution >= 0.6 is 0 Å². The molecular weight excluding hydrogens is 354 g/mol. The van der Waals surface area contributed by atoms with Crippen LogP contribution in [0.5, 0.6) is 0 Å². The quantitative estimate of drug-likeness (QED) is 0.617. The van der Waals surface area contributed by atoms with Crippen molar-refractivity contribution in [3.05, 3.63) is 69.8 Å². The van der Waals surface area contributed by atoms with E-state index in [0.29, 0.717) is 11.1 Å². The smallest absolute Gasteiger partial charge is 0.326 e. The third-order valence-corrected chi connectivity index (χ3v) is 5.22. The zero-order valence-electron chi connectivity index (χ0n) is 16.5. The highest BCUT2D eigenvalue weighted by Gasteiger charge is 2.22. The summed E-state index contributed by atoms with van der Waals surface area (Å²) >= 11 is 0. The van der Waals surface area contributed by atoms with Gasteiger partial charge in [0, 0.05) is 11.1 Å². The van der Waals surface area contributed by atoms with E-state index in [9.17, 15) is 14.4 Å². The number of hydrogen-bond donors (Lipinski definition) is 1. The van der Waals surface area contributed by atoms with Gasteiger partial charge in [-0.25, -0.2) is 0 Å². The summed E-state index contributed by atoms with van der Waals surface area (Å²) in [6.45, 7) is 5.16. The molecule has 0 bridgehead atoms. The van der Waals surface area contributed by atoms with Crippen molar-refractivity contribution in [1.82, 2.24) is 5.32 Å². The van der Waals surface area contributed by atoms with Crippen molar-refractivity contribution in [2.24, 2.45) is 0 Å². The number of nitrogens with one attached hydrogen (secondary N) is 1. The monoisotopic (exact) mass is 379 g/mol. The van der Waals surface area contributed by atoms with Crippen LogP contribution in [0, 0.1) is 13.8 Å². The Hall–Kier alpha value is -2.95. The second kappa shape index (κ2) is 8.38. The summed E-state index contributed by atoms with van der Waals surface area (Å²) in [5, 5.41) is 2.54. The molecule has 0 radical (unpaired) electrons. The van der Waals surface area contributed by atoms with Crippen molar-refractivity contribution in [2.75, 3.05) is 6.54 Å². The van der Waals surface area contributed by atoms with E-state index in [0.717, 1.165) is 30.4 Å². The average molecular weight is 379 g/mol. The molecule has 0 aliphatic heterocycles. The van der Waals surface area contributed by atoms with E-state index >= 15 is 0 Å². The summed E-state index contributed by atoms with van der Waals surface area (Å²) in [5.41, 5.74) is 5.62. The Labute approximate surface area is 165 Å². The molecule has 28 heavy (non-hydrogen) atoms. The molecule has 0 saturated heterocycles. The van der Waals surface area contributed by atoms with E-state index in [1.165, 1.54) is 11.1 Å². The van der Waals surface area contributed by atoms with Gasteiger partial charge in [-0.2, -0.15) is 0 Å². The Bertz CT molecular complexity index is 932.